The summed E-state index contributed by atoms with van der Waals surface area (Å²) in [4.78, 5) is 0. The van der Waals surface area contributed by atoms with E-state index in [1.807, 2.05) is 49.4 Å². The molecule has 3 aromatic rings. The van der Waals surface area contributed by atoms with Gasteiger partial charge in [0.15, 0.2) is 0 Å². The predicted molar refractivity (Wildman–Crippen MR) is 109 cm³/mol. The van der Waals surface area contributed by atoms with E-state index in [0.717, 1.165) is 28.1 Å². The van der Waals surface area contributed by atoms with Crippen LogP contribution in [0.25, 0.3) is 0 Å². The summed E-state index contributed by atoms with van der Waals surface area (Å²) in [6.07, 6.45) is 1.75. The van der Waals surface area contributed by atoms with E-state index in [-0.39, 0.29) is 0 Å². The van der Waals surface area contributed by atoms with Crippen molar-refractivity contribution >= 4 is 23.5 Å². The van der Waals surface area contributed by atoms with Crippen molar-refractivity contribution in [3.05, 3.63) is 94.0 Å². The average molecular weight is 365 g/mol. The van der Waals surface area contributed by atoms with Gasteiger partial charge in [-0.05, 0) is 49.2 Å². The molecule has 0 radical (unpaired) electrons. The second-order valence-corrected chi connectivity index (χ2v) is 6.55. The van der Waals surface area contributed by atoms with E-state index < -0.39 is 0 Å². The van der Waals surface area contributed by atoms with Gasteiger partial charge in [-0.2, -0.15) is 5.10 Å². The van der Waals surface area contributed by atoms with Crippen LogP contribution in [-0.4, -0.2) is 6.21 Å². The third kappa shape index (κ3) is 4.87. The molecule has 26 heavy (non-hydrogen) atoms. The van der Waals surface area contributed by atoms with E-state index in [0.29, 0.717) is 11.6 Å². The number of benzene rings is 3. The number of hydrazone groups is 1. The zero-order chi connectivity index (χ0) is 18.4. The van der Waals surface area contributed by atoms with Gasteiger partial charge in [0.1, 0.15) is 12.4 Å². The van der Waals surface area contributed by atoms with Crippen LogP contribution < -0.4 is 10.2 Å². The number of ether oxygens (including phenoxy) is 1. The van der Waals surface area contributed by atoms with Crippen molar-refractivity contribution in [3.63, 3.8) is 0 Å². The normalized spacial score (nSPS) is 10.9. The highest BCUT2D eigenvalue weighted by molar-refractivity contribution is 6.31. The minimum absolute atomic E-state index is 0.520. The van der Waals surface area contributed by atoms with Gasteiger partial charge in [0.25, 0.3) is 0 Å². The second kappa shape index (κ2) is 8.54. The van der Waals surface area contributed by atoms with Crippen molar-refractivity contribution in [2.75, 3.05) is 5.43 Å². The van der Waals surface area contributed by atoms with Crippen LogP contribution in [0.4, 0.5) is 5.69 Å². The molecule has 0 aliphatic rings. The molecule has 0 unspecified atom stereocenters. The largest absolute Gasteiger partial charge is 0.488 e. The molecule has 3 rings (SSSR count). The summed E-state index contributed by atoms with van der Waals surface area (Å²) in [7, 11) is 0. The number of nitrogens with zero attached hydrogens (tertiary/aromatic N) is 1. The van der Waals surface area contributed by atoms with Crippen LogP contribution in [-0.2, 0) is 6.61 Å². The lowest BCUT2D eigenvalue weighted by Gasteiger charge is -2.09. The Labute approximate surface area is 159 Å². The van der Waals surface area contributed by atoms with Crippen LogP contribution in [0.3, 0.4) is 0 Å². The maximum Gasteiger partial charge on any atom is 0.128 e. The molecule has 0 heterocycles. The Hall–Kier alpha value is -2.78. The molecule has 3 nitrogen and oxygen atoms in total. The van der Waals surface area contributed by atoms with Crippen molar-refractivity contribution in [2.45, 2.75) is 20.5 Å². The highest BCUT2D eigenvalue weighted by Gasteiger charge is 2.02. The molecule has 0 saturated carbocycles. The maximum atomic E-state index is 6.13. The summed E-state index contributed by atoms with van der Waals surface area (Å²) in [6.45, 7) is 4.56. The van der Waals surface area contributed by atoms with Gasteiger partial charge >= 0.3 is 0 Å². The van der Waals surface area contributed by atoms with Gasteiger partial charge in [0.05, 0.1) is 11.9 Å². The first kappa shape index (κ1) is 18.0. The molecule has 0 aliphatic carbocycles. The minimum Gasteiger partial charge on any atom is -0.488 e. The van der Waals surface area contributed by atoms with Gasteiger partial charge in [-0.25, -0.2) is 0 Å². The number of anilines is 1. The van der Waals surface area contributed by atoms with Crippen LogP contribution in [0.1, 0.15) is 22.3 Å². The highest BCUT2D eigenvalue weighted by Crippen LogP contribution is 2.21. The fraction of sp³-hybridized carbons (Fsp3) is 0.136. The van der Waals surface area contributed by atoms with Crippen LogP contribution in [0.2, 0.25) is 5.02 Å². The van der Waals surface area contributed by atoms with Crippen molar-refractivity contribution in [2.24, 2.45) is 5.10 Å². The molecule has 0 fully saturated rings. The zero-order valence-electron chi connectivity index (χ0n) is 14.9. The summed E-state index contributed by atoms with van der Waals surface area (Å²) in [5.41, 5.74) is 8.16. The molecule has 0 atom stereocenters. The second-order valence-electron chi connectivity index (χ2n) is 6.15. The fourth-order valence-corrected chi connectivity index (χ4v) is 2.58. The van der Waals surface area contributed by atoms with Gasteiger partial charge in [0, 0.05) is 10.6 Å². The molecule has 0 saturated heterocycles. The van der Waals surface area contributed by atoms with E-state index in [1.54, 1.807) is 6.21 Å². The molecule has 0 aromatic heterocycles. The molecular formula is C22H21ClN2O. The Morgan fingerprint density at radius 3 is 2.54 bits per heavy atom. The van der Waals surface area contributed by atoms with Crippen LogP contribution in [0.15, 0.2) is 71.8 Å². The predicted octanol–water partition coefficient (Wildman–Crippen LogP) is 5.98. The third-order valence-electron chi connectivity index (χ3n) is 4.00. The van der Waals surface area contributed by atoms with Crippen LogP contribution >= 0.6 is 11.6 Å². The number of para-hydroxylation sites is 1. The first-order valence-electron chi connectivity index (χ1n) is 8.44. The molecular weight excluding hydrogens is 344 g/mol. The molecule has 3 aromatic carbocycles. The lowest BCUT2D eigenvalue weighted by Crippen LogP contribution is -1.99. The maximum absolute atomic E-state index is 6.13. The molecule has 132 valence electrons. The number of aryl methyl sites for hydroxylation is 2. The van der Waals surface area contributed by atoms with Crippen molar-refractivity contribution < 1.29 is 4.74 Å². The van der Waals surface area contributed by atoms with Crippen molar-refractivity contribution in [3.8, 4) is 5.75 Å². The first-order chi connectivity index (χ1) is 12.6. The number of hydrogen-bond donors (Lipinski definition) is 1. The van der Waals surface area contributed by atoms with E-state index in [1.165, 1.54) is 5.56 Å². The summed E-state index contributed by atoms with van der Waals surface area (Å²) in [5, 5.41) is 5.01. The van der Waals surface area contributed by atoms with E-state index >= 15 is 0 Å². The number of nitrogens with one attached hydrogen (secondary N) is 1. The van der Waals surface area contributed by atoms with E-state index in [9.17, 15) is 0 Å². The smallest absolute Gasteiger partial charge is 0.128 e. The Kier molecular flexibility index (Phi) is 5.92. The molecule has 0 amide bonds. The summed E-state index contributed by atoms with van der Waals surface area (Å²) < 4.78 is 5.96. The number of rotatable bonds is 6. The Morgan fingerprint density at radius 1 is 1.00 bits per heavy atom. The van der Waals surface area contributed by atoms with Crippen LogP contribution in [0.5, 0.6) is 5.75 Å². The molecule has 0 spiro atoms. The van der Waals surface area contributed by atoms with Gasteiger partial charge in [-0.15, -0.1) is 0 Å². The Bertz CT molecular complexity index is 904. The minimum atomic E-state index is 0.520. The third-order valence-corrected chi connectivity index (χ3v) is 4.41. The molecule has 0 aliphatic heterocycles. The fourth-order valence-electron chi connectivity index (χ4n) is 2.40. The quantitative estimate of drug-likeness (QED) is 0.431. The van der Waals surface area contributed by atoms with E-state index in [4.69, 9.17) is 16.3 Å². The average Bonchev–Trinajstić information content (AvgIpc) is 2.65. The monoisotopic (exact) mass is 364 g/mol. The number of halogens is 1. The first-order valence-corrected chi connectivity index (χ1v) is 8.82. The topological polar surface area (TPSA) is 33.6 Å². The van der Waals surface area contributed by atoms with Gasteiger partial charge in [-0.3, -0.25) is 5.43 Å². The SMILES string of the molecule is Cc1ccc(COc2ccccc2/C=N/Nc2ccc(C)c(Cl)c2)cc1. The lowest BCUT2D eigenvalue weighted by molar-refractivity contribution is 0.306. The molecule has 1 N–H and O–H groups in total. The highest BCUT2D eigenvalue weighted by atomic mass is 35.5. The van der Waals surface area contributed by atoms with Crippen molar-refractivity contribution in [1.82, 2.24) is 0 Å². The van der Waals surface area contributed by atoms with Gasteiger partial charge < -0.3 is 4.74 Å². The van der Waals surface area contributed by atoms with E-state index in [2.05, 4.69) is 41.7 Å². The summed E-state index contributed by atoms with van der Waals surface area (Å²) in [6, 6.07) is 21.9. The summed E-state index contributed by atoms with van der Waals surface area (Å²) >= 11 is 6.13. The van der Waals surface area contributed by atoms with Gasteiger partial charge in [0.2, 0.25) is 0 Å². The van der Waals surface area contributed by atoms with Gasteiger partial charge in [-0.1, -0.05) is 59.6 Å². The standard InChI is InChI=1S/C22H21ClN2O/c1-16-7-10-18(11-8-16)15-26-22-6-4-3-5-19(22)14-24-25-20-12-9-17(2)21(23)13-20/h3-14,25H,15H2,1-2H3/b24-14+. The molecule has 4 heteroatoms. The Morgan fingerprint density at radius 2 is 1.77 bits per heavy atom. The Balaban J connectivity index is 1.66. The lowest BCUT2D eigenvalue weighted by atomic mass is 10.1. The number of hydrogen-bond acceptors (Lipinski definition) is 3. The molecule has 0 bridgehead atoms. The zero-order valence-corrected chi connectivity index (χ0v) is 15.6. The summed E-state index contributed by atoms with van der Waals surface area (Å²) in [5.74, 6) is 0.792. The van der Waals surface area contributed by atoms with Crippen LogP contribution in [0, 0.1) is 13.8 Å². The van der Waals surface area contributed by atoms with Crippen molar-refractivity contribution in [1.29, 1.82) is 0 Å².